The van der Waals surface area contributed by atoms with E-state index in [1.54, 1.807) is 0 Å². The number of rotatable bonds is 5. The first-order chi connectivity index (χ1) is 16.0. The van der Waals surface area contributed by atoms with Gasteiger partial charge in [-0.15, -0.1) is 0 Å². The fourth-order valence-corrected chi connectivity index (χ4v) is 5.40. The molecule has 0 bridgehead atoms. The highest BCUT2D eigenvalue weighted by Gasteiger charge is 2.54. The lowest BCUT2D eigenvalue weighted by Gasteiger charge is -2.33. The van der Waals surface area contributed by atoms with Gasteiger partial charge in [-0.2, -0.15) is 0 Å². The molecule has 2 saturated heterocycles. The average molecular weight is 450 g/mol. The van der Waals surface area contributed by atoms with Crippen molar-refractivity contribution in [2.75, 3.05) is 39.5 Å². The van der Waals surface area contributed by atoms with Gasteiger partial charge < -0.3 is 24.8 Å². The maximum absolute atomic E-state index is 12.7. The summed E-state index contributed by atoms with van der Waals surface area (Å²) >= 11 is 0. The molecule has 5 rings (SSSR count). The van der Waals surface area contributed by atoms with Crippen LogP contribution in [0, 0.1) is 11.3 Å². The van der Waals surface area contributed by atoms with Crippen LogP contribution in [0.15, 0.2) is 48.5 Å². The second-order valence-electron chi connectivity index (χ2n) is 8.94. The van der Waals surface area contributed by atoms with E-state index in [4.69, 9.17) is 9.47 Å². The number of hydrogen-bond donors (Lipinski definition) is 2. The van der Waals surface area contributed by atoms with Crippen molar-refractivity contribution in [1.29, 1.82) is 0 Å². The molecule has 0 saturated carbocycles. The molecule has 0 unspecified atom stereocenters. The molecular formula is C25H26N2O6. The molecule has 0 aromatic heterocycles. The van der Waals surface area contributed by atoms with Crippen molar-refractivity contribution in [3.05, 3.63) is 59.7 Å². The Labute approximate surface area is 191 Å². The fraction of sp³-hybridized carbons (Fsp3) is 0.400. The Kier molecular flexibility index (Phi) is 5.54. The lowest BCUT2D eigenvalue weighted by molar-refractivity contribution is -0.157. The maximum atomic E-state index is 12.7. The smallest absolute Gasteiger partial charge is 0.407 e. The van der Waals surface area contributed by atoms with Gasteiger partial charge in [0.05, 0.1) is 12.0 Å². The van der Waals surface area contributed by atoms with Crippen molar-refractivity contribution in [2.45, 2.75) is 12.3 Å². The van der Waals surface area contributed by atoms with Crippen molar-refractivity contribution in [1.82, 2.24) is 10.2 Å². The number of ether oxygens (including phenoxy) is 2. The number of amides is 2. The predicted octanol–water partition coefficient (Wildman–Crippen LogP) is 2.47. The number of carbonyl (C=O) groups excluding carboxylic acids is 2. The molecule has 2 fully saturated rings. The normalized spacial score (nSPS) is 23.4. The number of alkyl carbamates (subject to hydrolysis) is 1. The first-order valence-electron chi connectivity index (χ1n) is 11.2. The van der Waals surface area contributed by atoms with E-state index in [2.05, 4.69) is 17.4 Å². The molecule has 2 amide bonds. The van der Waals surface area contributed by atoms with Gasteiger partial charge >= 0.3 is 12.1 Å². The highest BCUT2D eigenvalue weighted by atomic mass is 16.5. The number of carboxylic acids is 1. The number of fused-ring (bicyclic) bond motifs is 4. The summed E-state index contributed by atoms with van der Waals surface area (Å²) in [4.78, 5) is 38.4. The first-order valence-corrected chi connectivity index (χ1v) is 11.2. The van der Waals surface area contributed by atoms with Crippen molar-refractivity contribution in [3.8, 4) is 11.1 Å². The van der Waals surface area contributed by atoms with E-state index < -0.39 is 17.5 Å². The van der Waals surface area contributed by atoms with Gasteiger partial charge in [-0.1, -0.05) is 48.5 Å². The number of benzene rings is 2. The Bertz CT molecular complexity index is 1060. The number of carboxylic acid groups (broad SMARTS) is 1. The molecule has 2 heterocycles. The van der Waals surface area contributed by atoms with Crippen LogP contribution >= 0.6 is 0 Å². The molecule has 2 atom stereocenters. The number of nitrogens with zero attached hydrogens (tertiary/aromatic N) is 1. The summed E-state index contributed by atoms with van der Waals surface area (Å²) < 4.78 is 10.9. The van der Waals surface area contributed by atoms with Gasteiger partial charge in [0.1, 0.15) is 13.2 Å². The molecule has 0 radical (unpaired) electrons. The Balaban J connectivity index is 1.17. The van der Waals surface area contributed by atoms with E-state index in [0.717, 1.165) is 22.3 Å². The lowest BCUT2D eigenvalue weighted by Crippen LogP contribution is -2.45. The van der Waals surface area contributed by atoms with E-state index in [1.165, 1.54) is 4.90 Å². The molecule has 1 aliphatic carbocycles. The molecule has 8 heteroatoms. The van der Waals surface area contributed by atoms with Crippen molar-refractivity contribution in [3.63, 3.8) is 0 Å². The quantitative estimate of drug-likeness (QED) is 0.725. The van der Waals surface area contributed by atoms with Crippen LogP contribution < -0.4 is 5.32 Å². The standard InChI is InChI=1S/C25H26N2O6/c28-22(27-12-16-13-32-10-9-25(16,15-27)23(29)30)11-26-24(31)33-14-21-19-7-3-1-5-17(19)18-6-2-4-8-20(18)21/h1-8,16,21H,9-15H2,(H,26,31)(H,29,30)/t16-,25+/m0/s1. The van der Waals surface area contributed by atoms with Crippen LogP contribution in [0.25, 0.3) is 11.1 Å². The molecule has 3 aliphatic rings. The number of nitrogens with one attached hydrogen (secondary N) is 1. The highest BCUT2D eigenvalue weighted by Crippen LogP contribution is 2.44. The SMILES string of the molecule is O=C(NCC(=O)N1C[C@H]2COCC[C@@]2(C(=O)O)C1)OCC1c2ccccc2-c2ccccc21. The predicted molar refractivity (Wildman–Crippen MR) is 119 cm³/mol. The van der Waals surface area contributed by atoms with E-state index in [1.807, 2.05) is 36.4 Å². The van der Waals surface area contributed by atoms with Crippen LogP contribution in [-0.4, -0.2) is 67.4 Å². The summed E-state index contributed by atoms with van der Waals surface area (Å²) in [5, 5.41) is 12.3. The molecule has 0 spiro atoms. The maximum Gasteiger partial charge on any atom is 0.407 e. The van der Waals surface area contributed by atoms with Crippen LogP contribution in [0.1, 0.15) is 23.5 Å². The average Bonchev–Trinajstić information content (AvgIpc) is 3.39. The molecule has 172 valence electrons. The zero-order valence-corrected chi connectivity index (χ0v) is 18.2. The van der Waals surface area contributed by atoms with Gasteiger partial charge in [-0.05, 0) is 28.7 Å². The Morgan fingerprint density at radius 3 is 2.39 bits per heavy atom. The minimum Gasteiger partial charge on any atom is -0.481 e. The molecule has 2 N–H and O–H groups in total. The van der Waals surface area contributed by atoms with Gasteiger partial charge in [-0.3, -0.25) is 9.59 Å². The Morgan fingerprint density at radius 1 is 1.09 bits per heavy atom. The Hall–Kier alpha value is -3.39. The van der Waals surface area contributed by atoms with Gasteiger partial charge in [-0.25, -0.2) is 4.79 Å². The second kappa shape index (κ2) is 8.51. The van der Waals surface area contributed by atoms with Gasteiger partial charge in [0.25, 0.3) is 0 Å². The molecule has 2 aliphatic heterocycles. The monoisotopic (exact) mass is 450 g/mol. The summed E-state index contributed by atoms with van der Waals surface area (Å²) in [6.45, 7) is 1.09. The van der Waals surface area contributed by atoms with E-state index in [9.17, 15) is 19.5 Å². The summed E-state index contributed by atoms with van der Waals surface area (Å²) in [6, 6.07) is 16.1. The van der Waals surface area contributed by atoms with E-state index in [0.29, 0.717) is 26.2 Å². The van der Waals surface area contributed by atoms with Crippen LogP contribution in [0.5, 0.6) is 0 Å². The van der Waals surface area contributed by atoms with Crippen molar-refractivity contribution >= 4 is 18.0 Å². The van der Waals surface area contributed by atoms with Crippen molar-refractivity contribution in [2.24, 2.45) is 11.3 Å². The van der Waals surface area contributed by atoms with Gasteiger partial charge in [0.2, 0.25) is 5.91 Å². The van der Waals surface area contributed by atoms with Crippen molar-refractivity contribution < 1.29 is 29.0 Å². The molecular weight excluding hydrogens is 424 g/mol. The Morgan fingerprint density at radius 2 is 1.76 bits per heavy atom. The van der Waals surface area contributed by atoms with Gasteiger partial charge in [0.15, 0.2) is 0 Å². The van der Waals surface area contributed by atoms with E-state index in [-0.39, 0.29) is 37.4 Å². The number of aliphatic carboxylic acids is 1. The van der Waals surface area contributed by atoms with Crippen LogP contribution in [0.3, 0.4) is 0 Å². The lowest BCUT2D eigenvalue weighted by atomic mass is 9.74. The highest BCUT2D eigenvalue weighted by molar-refractivity contribution is 5.85. The molecule has 2 aromatic carbocycles. The largest absolute Gasteiger partial charge is 0.481 e. The number of hydrogen-bond acceptors (Lipinski definition) is 5. The fourth-order valence-electron chi connectivity index (χ4n) is 5.40. The third kappa shape index (κ3) is 3.74. The number of likely N-dealkylation sites (tertiary alicyclic amines) is 1. The molecule has 2 aromatic rings. The van der Waals surface area contributed by atoms with Crippen LogP contribution in [0.4, 0.5) is 4.79 Å². The zero-order chi connectivity index (χ0) is 23.0. The summed E-state index contributed by atoms with van der Waals surface area (Å²) in [7, 11) is 0. The van der Waals surface area contributed by atoms with Crippen LogP contribution in [0.2, 0.25) is 0 Å². The third-order valence-electron chi connectivity index (χ3n) is 7.21. The summed E-state index contributed by atoms with van der Waals surface area (Å²) in [5.41, 5.74) is 3.55. The first kappa shape index (κ1) is 21.5. The van der Waals surface area contributed by atoms with Gasteiger partial charge in [0, 0.05) is 31.5 Å². The summed E-state index contributed by atoms with van der Waals surface area (Å²) in [6.07, 6.45) is -0.283. The zero-order valence-electron chi connectivity index (χ0n) is 18.2. The second-order valence-corrected chi connectivity index (χ2v) is 8.94. The topological polar surface area (TPSA) is 105 Å². The minimum absolute atomic E-state index is 0.0593. The van der Waals surface area contributed by atoms with E-state index >= 15 is 0 Å². The minimum atomic E-state index is -0.961. The summed E-state index contributed by atoms with van der Waals surface area (Å²) in [5.74, 6) is -1.51. The molecule has 33 heavy (non-hydrogen) atoms. The van der Waals surface area contributed by atoms with Crippen LogP contribution in [-0.2, 0) is 19.1 Å². The third-order valence-corrected chi connectivity index (χ3v) is 7.21. The number of carbonyl (C=O) groups is 3. The molecule has 8 nitrogen and oxygen atoms in total.